The number of carbonyl (C=O) groups is 2. The Balaban J connectivity index is 1.54. The fourth-order valence-electron chi connectivity index (χ4n) is 2.77. The number of nitrogens with zero attached hydrogens (tertiary/aromatic N) is 4. The van der Waals surface area contributed by atoms with Crippen LogP contribution in [0.3, 0.4) is 0 Å². The van der Waals surface area contributed by atoms with Gasteiger partial charge in [-0.25, -0.2) is 0 Å². The van der Waals surface area contributed by atoms with E-state index in [2.05, 4.69) is 31.3 Å². The summed E-state index contributed by atoms with van der Waals surface area (Å²) in [6.07, 6.45) is 4.11. The number of aromatic amines is 1. The zero-order chi connectivity index (χ0) is 18.2. The second-order valence-corrected chi connectivity index (χ2v) is 5.92. The molecule has 2 amide bonds. The molecule has 1 aromatic heterocycles. The Morgan fingerprint density at radius 3 is 2.96 bits per heavy atom. The number of hydrogen-bond acceptors (Lipinski definition) is 6. The van der Waals surface area contributed by atoms with Crippen molar-refractivity contribution < 1.29 is 9.59 Å². The lowest BCUT2D eigenvalue weighted by Crippen LogP contribution is -2.56. The SMILES string of the molecule is O=C(CC1C(=O)NCCN1C/C=C/c1ccccc1)NCc1nn[nH]n1. The van der Waals surface area contributed by atoms with Crippen LogP contribution in [-0.2, 0) is 16.1 Å². The van der Waals surface area contributed by atoms with Gasteiger partial charge < -0.3 is 10.6 Å². The predicted molar refractivity (Wildman–Crippen MR) is 94.5 cm³/mol. The average Bonchev–Trinajstić information content (AvgIpc) is 3.17. The Kier molecular flexibility index (Phi) is 6.05. The molecule has 1 aromatic carbocycles. The maximum atomic E-state index is 12.2. The highest BCUT2D eigenvalue weighted by Crippen LogP contribution is 2.10. The van der Waals surface area contributed by atoms with Crippen molar-refractivity contribution in [3.05, 3.63) is 47.8 Å². The van der Waals surface area contributed by atoms with Gasteiger partial charge in [-0.3, -0.25) is 14.5 Å². The number of tetrazole rings is 1. The molecule has 1 aliphatic rings. The Bertz CT molecular complexity index is 746. The van der Waals surface area contributed by atoms with E-state index in [4.69, 9.17) is 0 Å². The van der Waals surface area contributed by atoms with Gasteiger partial charge in [-0.2, -0.15) is 5.21 Å². The summed E-state index contributed by atoms with van der Waals surface area (Å²) in [4.78, 5) is 26.4. The molecular formula is C17H21N7O2. The minimum atomic E-state index is -0.491. The summed E-state index contributed by atoms with van der Waals surface area (Å²) in [5, 5.41) is 18.8. The maximum absolute atomic E-state index is 12.2. The first-order chi connectivity index (χ1) is 12.7. The lowest BCUT2D eigenvalue weighted by molar-refractivity contribution is -0.133. The van der Waals surface area contributed by atoms with Crippen molar-refractivity contribution in [3.8, 4) is 0 Å². The zero-order valence-electron chi connectivity index (χ0n) is 14.3. The number of piperazine rings is 1. The fourth-order valence-corrected chi connectivity index (χ4v) is 2.77. The van der Waals surface area contributed by atoms with Crippen LogP contribution in [0.5, 0.6) is 0 Å². The van der Waals surface area contributed by atoms with Gasteiger partial charge in [0.25, 0.3) is 0 Å². The first-order valence-electron chi connectivity index (χ1n) is 8.45. The van der Waals surface area contributed by atoms with Crippen LogP contribution in [0.15, 0.2) is 36.4 Å². The van der Waals surface area contributed by atoms with Crippen LogP contribution in [-0.4, -0.2) is 63.0 Å². The van der Waals surface area contributed by atoms with E-state index in [0.29, 0.717) is 25.5 Å². The first kappa shape index (κ1) is 17.7. The van der Waals surface area contributed by atoms with Crippen molar-refractivity contribution in [3.63, 3.8) is 0 Å². The lowest BCUT2D eigenvalue weighted by atomic mass is 10.1. The molecule has 1 unspecified atom stereocenters. The predicted octanol–water partition coefficient (Wildman–Crippen LogP) is -0.280. The van der Waals surface area contributed by atoms with Gasteiger partial charge in [0.05, 0.1) is 19.0 Å². The van der Waals surface area contributed by atoms with Crippen molar-refractivity contribution >= 4 is 17.9 Å². The molecule has 1 fully saturated rings. The summed E-state index contributed by atoms with van der Waals surface area (Å²) in [5.41, 5.74) is 1.10. The third kappa shape index (κ3) is 4.96. The monoisotopic (exact) mass is 355 g/mol. The van der Waals surface area contributed by atoms with Crippen molar-refractivity contribution in [2.75, 3.05) is 19.6 Å². The van der Waals surface area contributed by atoms with E-state index in [1.165, 1.54) is 0 Å². The molecule has 2 aromatic rings. The molecule has 1 aliphatic heterocycles. The molecule has 9 heteroatoms. The van der Waals surface area contributed by atoms with Gasteiger partial charge in [0, 0.05) is 19.6 Å². The van der Waals surface area contributed by atoms with Crippen LogP contribution in [0.25, 0.3) is 6.08 Å². The minimum absolute atomic E-state index is 0.0862. The molecule has 3 N–H and O–H groups in total. The smallest absolute Gasteiger partial charge is 0.237 e. The number of nitrogens with one attached hydrogen (secondary N) is 3. The molecule has 0 bridgehead atoms. The van der Waals surface area contributed by atoms with Crippen molar-refractivity contribution in [2.24, 2.45) is 0 Å². The summed E-state index contributed by atoms with van der Waals surface area (Å²) >= 11 is 0. The Morgan fingerprint density at radius 1 is 1.35 bits per heavy atom. The molecule has 2 heterocycles. The normalized spacial score (nSPS) is 18.0. The quantitative estimate of drug-likeness (QED) is 0.629. The number of H-pyrrole nitrogens is 1. The molecule has 3 rings (SSSR count). The number of hydrogen-bond donors (Lipinski definition) is 3. The largest absolute Gasteiger partial charge is 0.353 e. The molecule has 0 spiro atoms. The number of benzene rings is 1. The molecule has 0 radical (unpaired) electrons. The number of rotatable bonds is 7. The topological polar surface area (TPSA) is 116 Å². The van der Waals surface area contributed by atoms with Gasteiger partial charge in [-0.1, -0.05) is 47.7 Å². The van der Waals surface area contributed by atoms with E-state index in [9.17, 15) is 9.59 Å². The number of amides is 2. The van der Waals surface area contributed by atoms with E-state index in [-0.39, 0.29) is 24.8 Å². The molecule has 0 aliphatic carbocycles. The van der Waals surface area contributed by atoms with Crippen LogP contribution in [0.4, 0.5) is 0 Å². The van der Waals surface area contributed by atoms with E-state index < -0.39 is 6.04 Å². The molecular weight excluding hydrogens is 334 g/mol. The Labute approximate surface area is 150 Å². The molecule has 0 saturated carbocycles. The maximum Gasteiger partial charge on any atom is 0.237 e. The second kappa shape index (κ2) is 8.86. The standard InChI is InChI=1S/C17H21N7O2/c25-16(19-12-15-20-22-23-21-15)11-14-17(26)18-8-10-24(14)9-4-7-13-5-2-1-3-6-13/h1-7,14H,8-12H2,(H,18,26)(H,19,25)(H,20,21,22,23)/b7-4+. The van der Waals surface area contributed by atoms with E-state index in [1.54, 1.807) is 0 Å². The molecule has 1 atom stereocenters. The number of carbonyl (C=O) groups excluding carboxylic acids is 2. The van der Waals surface area contributed by atoms with Crippen molar-refractivity contribution in [1.29, 1.82) is 0 Å². The Hall–Kier alpha value is -3.07. The summed E-state index contributed by atoms with van der Waals surface area (Å²) in [7, 11) is 0. The third-order valence-corrected chi connectivity index (χ3v) is 4.10. The second-order valence-electron chi connectivity index (χ2n) is 5.92. The van der Waals surface area contributed by atoms with Crippen LogP contribution >= 0.6 is 0 Å². The van der Waals surface area contributed by atoms with Crippen molar-refractivity contribution in [1.82, 2.24) is 36.2 Å². The van der Waals surface area contributed by atoms with Gasteiger partial charge >= 0.3 is 0 Å². The van der Waals surface area contributed by atoms with Gasteiger partial charge in [0.2, 0.25) is 11.8 Å². The summed E-state index contributed by atoms with van der Waals surface area (Å²) in [6, 6.07) is 9.46. The van der Waals surface area contributed by atoms with E-state index >= 15 is 0 Å². The van der Waals surface area contributed by atoms with Gasteiger partial charge in [0.1, 0.15) is 0 Å². The van der Waals surface area contributed by atoms with Crippen LogP contribution < -0.4 is 10.6 Å². The van der Waals surface area contributed by atoms with E-state index in [1.807, 2.05) is 47.4 Å². The van der Waals surface area contributed by atoms with Crippen LogP contribution in [0.1, 0.15) is 17.8 Å². The highest BCUT2D eigenvalue weighted by atomic mass is 16.2. The Morgan fingerprint density at radius 2 is 2.19 bits per heavy atom. The molecule has 136 valence electrons. The van der Waals surface area contributed by atoms with Crippen molar-refractivity contribution in [2.45, 2.75) is 19.0 Å². The zero-order valence-corrected chi connectivity index (χ0v) is 14.3. The molecule has 1 saturated heterocycles. The lowest BCUT2D eigenvalue weighted by Gasteiger charge is -2.33. The van der Waals surface area contributed by atoms with Crippen LogP contribution in [0.2, 0.25) is 0 Å². The summed E-state index contributed by atoms with van der Waals surface area (Å²) in [6.45, 7) is 2.06. The molecule has 9 nitrogen and oxygen atoms in total. The minimum Gasteiger partial charge on any atom is -0.353 e. The molecule has 26 heavy (non-hydrogen) atoms. The van der Waals surface area contributed by atoms with Gasteiger partial charge in [-0.15, -0.1) is 10.2 Å². The van der Waals surface area contributed by atoms with E-state index in [0.717, 1.165) is 5.56 Å². The number of aromatic nitrogens is 4. The average molecular weight is 355 g/mol. The highest BCUT2D eigenvalue weighted by Gasteiger charge is 2.30. The first-order valence-corrected chi connectivity index (χ1v) is 8.45. The van der Waals surface area contributed by atoms with Gasteiger partial charge in [0.15, 0.2) is 5.82 Å². The summed E-state index contributed by atoms with van der Waals surface area (Å²) < 4.78 is 0. The third-order valence-electron chi connectivity index (χ3n) is 4.10. The van der Waals surface area contributed by atoms with Gasteiger partial charge in [-0.05, 0) is 5.56 Å². The van der Waals surface area contributed by atoms with Crippen LogP contribution in [0, 0.1) is 0 Å². The fraction of sp³-hybridized carbons (Fsp3) is 0.353. The highest BCUT2D eigenvalue weighted by molar-refractivity contribution is 5.88. The summed E-state index contributed by atoms with van der Waals surface area (Å²) in [5.74, 6) is 0.0436.